The quantitative estimate of drug-likeness (QED) is 0.670. The molecule has 178 valence electrons. The summed E-state index contributed by atoms with van der Waals surface area (Å²) in [7, 11) is -3.25. The maximum absolute atomic E-state index is 12.2. The van der Waals surface area contributed by atoms with E-state index in [1.165, 1.54) is 6.26 Å². The van der Waals surface area contributed by atoms with E-state index in [0.29, 0.717) is 25.6 Å². The number of nitrogens with one attached hydrogen (secondary N) is 2. The zero-order chi connectivity index (χ0) is 23.6. The first kappa shape index (κ1) is 23.1. The van der Waals surface area contributed by atoms with Gasteiger partial charge in [-0.05, 0) is 43.0 Å². The molecule has 1 amide bonds. The van der Waals surface area contributed by atoms with E-state index in [0.717, 1.165) is 29.9 Å². The second-order valence-corrected chi connectivity index (χ2v) is 10.8. The minimum atomic E-state index is -3.25. The van der Waals surface area contributed by atoms with Crippen molar-refractivity contribution >= 4 is 33.8 Å². The predicted octanol–water partition coefficient (Wildman–Crippen LogP) is 1.91. The molecule has 0 bridgehead atoms. The smallest absolute Gasteiger partial charge is 0.409 e. The number of sulfone groups is 1. The molecular formula is C22H30N6O4S. The molecule has 1 fully saturated rings. The molecule has 0 radical (unpaired) electrons. The van der Waals surface area contributed by atoms with E-state index < -0.39 is 9.84 Å². The van der Waals surface area contributed by atoms with E-state index >= 15 is 0 Å². The fourth-order valence-electron chi connectivity index (χ4n) is 3.88. The van der Waals surface area contributed by atoms with Crippen LogP contribution in [-0.4, -0.2) is 69.7 Å². The van der Waals surface area contributed by atoms with Gasteiger partial charge in [0.05, 0.1) is 35.1 Å². The van der Waals surface area contributed by atoms with Gasteiger partial charge in [0, 0.05) is 25.5 Å². The number of piperidine rings is 1. The van der Waals surface area contributed by atoms with Crippen LogP contribution in [0.5, 0.6) is 0 Å². The molecule has 0 aromatic heterocycles. The van der Waals surface area contributed by atoms with Crippen molar-refractivity contribution in [3.8, 4) is 0 Å². The fourth-order valence-corrected chi connectivity index (χ4v) is 4.51. The third-order valence-electron chi connectivity index (χ3n) is 5.69. The number of hydrazine groups is 1. The van der Waals surface area contributed by atoms with Gasteiger partial charge in [-0.15, -0.1) is 0 Å². The molecule has 0 saturated carbocycles. The second kappa shape index (κ2) is 9.42. The first-order valence-electron chi connectivity index (χ1n) is 11.1. The van der Waals surface area contributed by atoms with Crippen LogP contribution in [0.25, 0.3) is 0 Å². The number of anilines is 1. The molecule has 2 N–H and O–H groups in total. The Hall–Kier alpha value is -3.08. The number of amides is 1. The first-order valence-corrected chi connectivity index (χ1v) is 12.9. The van der Waals surface area contributed by atoms with Crippen molar-refractivity contribution in [2.24, 2.45) is 15.9 Å². The highest BCUT2D eigenvalue weighted by molar-refractivity contribution is 7.90. The highest BCUT2D eigenvalue weighted by Crippen LogP contribution is 2.27. The summed E-state index contributed by atoms with van der Waals surface area (Å²) in [6, 6.07) is 6.78. The number of rotatable bonds is 5. The molecule has 4 rings (SSSR count). The summed E-state index contributed by atoms with van der Waals surface area (Å²) in [5, 5.41) is 5.01. The van der Waals surface area contributed by atoms with Crippen molar-refractivity contribution in [3.05, 3.63) is 36.0 Å². The van der Waals surface area contributed by atoms with E-state index in [2.05, 4.69) is 15.7 Å². The summed E-state index contributed by atoms with van der Waals surface area (Å²) < 4.78 is 28.8. The molecular weight excluding hydrogens is 444 g/mol. The Kier molecular flexibility index (Phi) is 6.59. The van der Waals surface area contributed by atoms with Crippen LogP contribution >= 0.6 is 0 Å². The Morgan fingerprint density at radius 3 is 2.58 bits per heavy atom. The lowest BCUT2D eigenvalue weighted by atomic mass is 10.1. The number of likely N-dealkylation sites (tertiary alicyclic amines) is 1. The molecule has 0 aliphatic carbocycles. The number of aliphatic imine (C=N–C) groups is 2. The number of ether oxygens (including phenoxy) is 1. The number of carbonyl (C=O) groups excluding carboxylic acids is 1. The Balaban J connectivity index is 1.39. The van der Waals surface area contributed by atoms with Crippen LogP contribution in [0.3, 0.4) is 0 Å². The van der Waals surface area contributed by atoms with Crippen LogP contribution in [0, 0.1) is 5.92 Å². The lowest BCUT2D eigenvalue weighted by Gasteiger charge is -2.31. The van der Waals surface area contributed by atoms with E-state index in [4.69, 9.17) is 9.73 Å². The van der Waals surface area contributed by atoms with Gasteiger partial charge in [0.15, 0.2) is 16.0 Å². The van der Waals surface area contributed by atoms with Gasteiger partial charge < -0.3 is 20.4 Å². The van der Waals surface area contributed by atoms with Crippen LogP contribution in [0.4, 0.5) is 10.5 Å². The van der Waals surface area contributed by atoms with E-state index in [1.54, 1.807) is 35.5 Å². The number of benzene rings is 1. The van der Waals surface area contributed by atoms with Crippen molar-refractivity contribution in [1.82, 2.24) is 15.6 Å². The third-order valence-corrected chi connectivity index (χ3v) is 6.82. The zero-order valence-corrected chi connectivity index (χ0v) is 19.9. The molecule has 10 nitrogen and oxygen atoms in total. The highest BCUT2D eigenvalue weighted by Gasteiger charge is 2.33. The lowest BCUT2D eigenvalue weighted by Crippen LogP contribution is -2.44. The van der Waals surface area contributed by atoms with E-state index in [-0.39, 0.29) is 23.2 Å². The summed E-state index contributed by atoms with van der Waals surface area (Å²) in [5.74, 6) is 1.06. The van der Waals surface area contributed by atoms with Gasteiger partial charge in [-0.1, -0.05) is 13.8 Å². The Bertz CT molecular complexity index is 1070. The molecule has 1 saturated heterocycles. The number of hydrogen-bond donors (Lipinski definition) is 2. The standard InChI is InChI=1S/C22H30N6O4S/c1-15(2)13-32-22(29)27-10-8-16(9-11-27)26-20-19-12-25-28(21(19)24-14-23-20)17-4-6-18(7-5-17)33(3,30)31/h4-7,12,14-16,21,25H,8-11,13H2,1-3H3,(H,23,24,26). The molecule has 3 aliphatic heterocycles. The average molecular weight is 475 g/mol. The molecule has 1 unspecified atom stereocenters. The molecule has 0 spiro atoms. The topological polar surface area (TPSA) is 116 Å². The number of nitrogens with zero attached hydrogens (tertiary/aromatic N) is 4. The van der Waals surface area contributed by atoms with E-state index in [9.17, 15) is 13.2 Å². The monoisotopic (exact) mass is 474 g/mol. The Morgan fingerprint density at radius 1 is 1.24 bits per heavy atom. The maximum atomic E-state index is 12.2. The lowest BCUT2D eigenvalue weighted by molar-refractivity contribution is 0.0838. The average Bonchev–Trinajstić information content (AvgIpc) is 3.23. The molecule has 1 aromatic carbocycles. The van der Waals surface area contributed by atoms with Crippen LogP contribution < -0.4 is 15.8 Å². The van der Waals surface area contributed by atoms with Crippen LogP contribution in [-0.2, 0) is 14.6 Å². The number of fused-ring (bicyclic) bond motifs is 1. The van der Waals surface area contributed by atoms with Crippen LogP contribution in [0.1, 0.15) is 26.7 Å². The minimum Gasteiger partial charge on any atom is -0.449 e. The second-order valence-electron chi connectivity index (χ2n) is 8.83. The third kappa shape index (κ3) is 5.29. The minimum absolute atomic E-state index is 0.0952. The van der Waals surface area contributed by atoms with Gasteiger partial charge >= 0.3 is 6.09 Å². The number of carbonyl (C=O) groups is 1. The van der Waals surface area contributed by atoms with Gasteiger partial charge in [0.1, 0.15) is 5.84 Å². The fraction of sp³-hybridized carbons (Fsp3) is 0.500. The van der Waals surface area contributed by atoms with Crippen LogP contribution in [0.15, 0.2) is 50.9 Å². The Morgan fingerprint density at radius 2 is 1.94 bits per heavy atom. The molecule has 3 aliphatic rings. The maximum Gasteiger partial charge on any atom is 0.409 e. The molecule has 33 heavy (non-hydrogen) atoms. The summed E-state index contributed by atoms with van der Waals surface area (Å²) in [5.41, 5.74) is 4.91. The van der Waals surface area contributed by atoms with Gasteiger partial charge in [-0.25, -0.2) is 18.2 Å². The van der Waals surface area contributed by atoms with Crippen molar-refractivity contribution < 1.29 is 17.9 Å². The summed E-state index contributed by atoms with van der Waals surface area (Å²) in [6.45, 7) is 5.70. The van der Waals surface area contributed by atoms with Crippen LogP contribution in [0.2, 0.25) is 0 Å². The number of hydrogen-bond acceptors (Lipinski definition) is 8. The number of amidine groups is 1. The molecule has 11 heteroatoms. The van der Waals surface area contributed by atoms with Crippen molar-refractivity contribution in [2.75, 3.05) is 31.0 Å². The molecule has 3 heterocycles. The normalized spacial score (nSPS) is 22.1. The summed E-state index contributed by atoms with van der Waals surface area (Å²) in [6.07, 6.45) is 5.65. The van der Waals surface area contributed by atoms with Crippen molar-refractivity contribution in [3.63, 3.8) is 0 Å². The van der Waals surface area contributed by atoms with Crippen molar-refractivity contribution in [1.29, 1.82) is 0 Å². The van der Waals surface area contributed by atoms with Gasteiger partial charge in [0.2, 0.25) is 0 Å². The first-order chi connectivity index (χ1) is 15.7. The predicted molar refractivity (Wildman–Crippen MR) is 127 cm³/mol. The SMILES string of the molecule is CC(C)COC(=O)N1CCC(N=C2NC=NC3C2=CNN3c2ccc(S(C)(=O)=O)cc2)CC1. The van der Waals surface area contributed by atoms with E-state index in [1.807, 2.05) is 25.1 Å². The van der Waals surface area contributed by atoms with Gasteiger partial charge in [0.25, 0.3) is 0 Å². The molecule has 1 atom stereocenters. The Labute approximate surface area is 194 Å². The highest BCUT2D eigenvalue weighted by atomic mass is 32.2. The summed E-state index contributed by atoms with van der Waals surface area (Å²) >= 11 is 0. The zero-order valence-electron chi connectivity index (χ0n) is 19.1. The summed E-state index contributed by atoms with van der Waals surface area (Å²) in [4.78, 5) is 23.6. The van der Waals surface area contributed by atoms with Gasteiger partial charge in [-0.3, -0.25) is 10.0 Å². The molecule has 1 aromatic rings. The van der Waals surface area contributed by atoms with Crippen molar-refractivity contribution in [2.45, 2.75) is 43.8 Å². The largest absolute Gasteiger partial charge is 0.449 e. The van der Waals surface area contributed by atoms with Gasteiger partial charge in [-0.2, -0.15) is 0 Å².